The van der Waals surface area contributed by atoms with Crippen LogP contribution in [0.25, 0.3) is 0 Å². The van der Waals surface area contributed by atoms with E-state index in [1.54, 1.807) is 0 Å². The number of hydrogen-bond donors (Lipinski definition) is 0. The summed E-state index contributed by atoms with van der Waals surface area (Å²) in [6.07, 6.45) is 6.75. The van der Waals surface area contributed by atoms with Crippen LogP contribution in [0.4, 0.5) is 0 Å². The second kappa shape index (κ2) is 16.9. The van der Waals surface area contributed by atoms with Crippen molar-refractivity contribution < 1.29 is 19.1 Å². The molecule has 2 rings (SSSR count). The molecule has 0 aliphatic heterocycles. The molecule has 0 heterocycles. The molecule has 0 saturated heterocycles. The molecular formula is C28H39NO4. The lowest BCUT2D eigenvalue weighted by Crippen LogP contribution is -2.31. The fraction of sp³-hybridized carbons (Fsp3) is 0.500. The van der Waals surface area contributed by atoms with E-state index in [9.17, 15) is 9.59 Å². The fourth-order valence-electron chi connectivity index (χ4n) is 3.60. The first kappa shape index (κ1) is 26.6. The number of benzene rings is 2. The lowest BCUT2D eigenvalue weighted by molar-refractivity contribution is -0.144. The molecule has 33 heavy (non-hydrogen) atoms. The number of rotatable bonds is 17. The molecule has 0 aliphatic carbocycles. The highest BCUT2D eigenvalue weighted by atomic mass is 16.5. The summed E-state index contributed by atoms with van der Waals surface area (Å²) in [6.45, 7) is 5.07. The van der Waals surface area contributed by atoms with Gasteiger partial charge in [-0.25, -0.2) is 0 Å². The molecule has 0 saturated carbocycles. The van der Waals surface area contributed by atoms with Crippen LogP contribution in [0.3, 0.4) is 0 Å². The normalized spacial score (nSPS) is 10.8. The molecule has 0 spiro atoms. The first-order valence-corrected chi connectivity index (χ1v) is 12.3. The summed E-state index contributed by atoms with van der Waals surface area (Å²) in [5, 5.41) is 0. The molecule has 0 aromatic heterocycles. The van der Waals surface area contributed by atoms with Gasteiger partial charge in [-0.05, 0) is 24.1 Å². The van der Waals surface area contributed by atoms with E-state index in [0.717, 1.165) is 43.4 Å². The van der Waals surface area contributed by atoms with Gasteiger partial charge in [-0.1, -0.05) is 86.8 Å². The lowest BCUT2D eigenvalue weighted by Gasteiger charge is -2.21. The van der Waals surface area contributed by atoms with Crippen molar-refractivity contribution in [3.63, 3.8) is 0 Å². The molecule has 0 bridgehead atoms. The highest BCUT2D eigenvalue weighted by Gasteiger charge is 2.12. The topological polar surface area (TPSA) is 55.8 Å². The third-order valence-corrected chi connectivity index (χ3v) is 5.59. The average molecular weight is 454 g/mol. The zero-order chi connectivity index (χ0) is 23.6. The van der Waals surface area contributed by atoms with Crippen LogP contribution in [-0.2, 0) is 31.9 Å². The van der Waals surface area contributed by atoms with E-state index in [2.05, 4.69) is 11.8 Å². The minimum atomic E-state index is -0.185. The maximum atomic E-state index is 12.2. The maximum absolute atomic E-state index is 12.2. The van der Waals surface area contributed by atoms with Crippen LogP contribution in [0.1, 0.15) is 56.6 Å². The molecule has 0 aliphatic rings. The maximum Gasteiger partial charge on any atom is 0.307 e. The predicted octanol–water partition coefficient (Wildman–Crippen LogP) is 5.22. The van der Waals surface area contributed by atoms with Gasteiger partial charge in [0, 0.05) is 25.9 Å². The Hall–Kier alpha value is -2.66. The van der Waals surface area contributed by atoms with Gasteiger partial charge in [-0.3, -0.25) is 9.59 Å². The van der Waals surface area contributed by atoms with Crippen molar-refractivity contribution in [2.75, 3.05) is 32.8 Å². The van der Waals surface area contributed by atoms with Gasteiger partial charge in [0.2, 0.25) is 0 Å². The Balaban J connectivity index is 1.66. The number of unbranched alkanes of at least 4 members (excludes halogenated alkanes) is 3. The first-order chi connectivity index (χ1) is 16.2. The average Bonchev–Trinajstić information content (AvgIpc) is 2.84. The van der Waals surface area contributed by atoms with Crippen LogP contribution >= 0.6 is 0 Å². The third-order valence-electron chi connectivity index (χ3n) is 5.59. The van der Waals surface area contributed by atoms with Crippen LogP contribution < -0.4 is 0 Å². The van der Waals surface area contributed by atoms with Crippen LogP contribution in [0.2, 0.25) is 0 Å². The summed E-state index contributed by atoms with van der Waals surface area (Å²) in [6, 6.07) is 20.0. The number of carbonyl (C=O) groups excluding carboxylic acids is 2. The standard InChI is InChI=1S/C28H39NO4/c1-2-3-4-11-20-29(21-16-27(30)32-23-18-25-12-7-5-8-13-25)22-17-28(31)33-24-19-26-14-9-6-10-15-26/h5-10,12-15H,2-4,11,16-24H2,1H3. The van der Waals surface area contributed by atoms with Gasteiger partial charge >= 0.3 is 11.9 Å². The summed E-state index contributed by atoms with van der Waals surface area (Å²) < 4.78 is 10.8. The summed E-state index contributed by atoms with van der Waals surface area (Å²) in [5.74, 6) is -0.371. The van der Waals surface area contributed by atoms with Crippen molar-refractivity contribution in [1.29, 1.82) is 0 Å². The van der Waals surface area contributed by atoms with E-state index < -0.39 is 0 Å². The molecule has 0 radical (unpaired) electrons. The Bertz CT molecular complexity index is 717. The minimum Gasteiger partial charge on any atom is -0.465 e. The molecule has 180 valence electrons. The monoisotopic (exact) mass is 453 g/mol. The molecule has 5 heteroatoms. The molecule has 5 nitrogen and oxygen atoms in total. The summed E-state index contributed by atoms with van der Waals surface area (Å²) in [7, 11) is 0. The Morgan fingerprint density at radius 3 is 1.61 bits per heavy atom. The number of nitrogens with zero attached hydrogens (tertiary/aromatic N) is 1. The van der Waals surface area contributed by atoms with Gasteiger partial charge in [-0.15, -0.1) is 0 Å². The molecule has 0 amide bonds. The van der Waals surface area contributed by atoms with Crippen LogP contribution in [0.5, 0.6) is 0 Å². The smallest absolute Gasteiger partial charge is 0.307 e. The highest BCUT2D eigenvalue weighted by molar-refractivity contribution is 5.70. The second-order valence-electron chi connectivity index (χ2n) is 8.31. The molecule has 0 N–H and O–H groups in total. The second-order valence-corrected chi connectivity index (χ2v) is 8.31. The van der Waals surface area contributed by atoms with Crippen LogP contribution in [0.15, 0.2) is 60.7 Å². The molecule has 2 aromatic carbocycles. The third kappa shape index (κ3) is 12.8. The molecule has 0 unspecified atom stereocenters. The summed E-state index contributed by atoms with van der Waals surface area (Å²) in [5.41, 5.74) is 2.32. The number of esters is 2. The van der Waals surface area contributed by atoms with E-state index in [0.29, 0.717) is 39.1 Å². The number of ether oxygens (including phenoxy) is 2. The zero-order valence-electron chi connectivity index (χ0n) is 20.0. The zero-order valence-corrected chi connectivity index (χ0v) is 20.0. The Kier molecular flexibility index (Phi) is 13.6. The van der Waals surface area contributed by atoms with Crippen molar-refractivity contribution in [2.45, 2.75) is 58.3 Å². The predicted molar refractivity (Wildman–Crippen MR) is 132 cm³/mol. The summed E-state index contributed by atoms with van der Waals surface area (Å²) >= 11 is 0. The Morgan fingerprint density at radius 2 is 1.15 bits per heavy atom. The fourth-order valence-corrected chi connectivity index (χ4v) is 3.60. The molecule has 2 aromatic rings. The number of hydrogen-bond acceptors (Lipinski definition) is 5. The summed E-state index contributed by atoms with van der Waals surface area (Å²) in [4.78, 5) is 26.6. The van der Waals surface area contributed by atoms with Crippen molar-refractivity contribution in [1.82, 2.24) is 4.90 Å². The number of carbonyl (C=O) groups is 2. The highest BCUT2D eigenvalue weighted by Crippen LogP contribution is 2.06. The Morgan fingerprint density at radius 1 is 0.667 bits per heavy atom. The van der Waals surface area contributed by atoms with E-state index >= 15 is 0 Å². The van der Waals surface area contributed by atoms with Gasteiger partial charge in [0.05, 0.1) is 26.1 Å². The Labute approximate surface area is 199 Å². The van der Waals surface area contributed by atoms with E-state index in [4.69, 9.17) is 9.47 Å². The van der Waals surface area contributed by atoms with Crippen LogP contribution in [-0.4, -0.2) is 49.7 Å². The van der Waals surface area contributed by atoms with Gasteiger partial charge in [0.25, 0.3) is 0 Å². The largest absolute Gasteiger partial charge is 0.465 e. The van der Waals surface area contributed by atoms with Crippen molar-refractivity contribution in [3.8, 4) is 0 Å². The molecule has 0 fully saturated rings. The van der Waals surface area contributed by atoms with Crippen molar-refractivity contribution >= 4 is 11.9 Å². The van der Waals surface area contributed by atoms with Gasteiger partial charge in [0.15, 0.2) is 0 Å². The lowest BCUT2D eigenvalue weighted by atomic mass is 10.2. The quantitative estimate of drug-likeness (QED) is 0.243. The minimum absolute atomic E-state index is 0.185. The molecule has 0 atom stereocenters. The van der Waals surface area contributed by atoms with Crippen molar-refractivity contribution in [3.05, 3.63) is 71.8 Å². The van der Waals surface area contributed by atoms with E-state index in [-0.39, 0.29) is 11.9 Å². The van der Waals surface area contributed by atoms with E-state index in [1.807, 2.05) is 60.7 Å². The van der Waals surface area contributed by atoms with Gasteiger partial charge in [-0.2, -0.15) is 0 Å². The van der Waals surface area contributed by atoms with Gasteiger partial charge < -0.3 is 14.4 Å². The SMILES string of the molecule is CCCCCCN(CCC(=O)OCCc1ccccc1)CCC(=O)OCCc1ccccc1. The molecular weight excluding hydrogens is 414 g/mol. The first-order valence-electron chi connectivity index (χ1n) is 12.3. The van der Waals surface area contributed by atoms with E-state index in [1.165, 1.54) is 12.8 Å². The van der Waals surface area contributed by atoms with Gasteiger partial charge in [0.1, 0.15) is 0 Å². The van der Waals surface area contributed by atoms with Crippen molar-refractivity contribution in [2.24, 2.45) is 0 Å². The van der Waals surface area contributed by atoms with Crippen LogP contribution in [0, 0.1) is 0 Å².